The summed E-state index contributed by atoms with van der Waals surface area (Å²) < 4.78 is 0. The molecular weight excluding hydrogens is 316 g/mol. The molecule has 2 fully saturated rings. The van der Waals surface area contributed by atoms with Crippen LogP contribution in [0.2, 0.25) is 0 Å². The first kappa shape index (κ1) is 14.8. The van der Waals surface area contributed by atoms with Crippen molar-refractivity contribution < 1.29 is 9.90 Å². The van der Waals surface area contributed by atoms with Crippen LogP contribution >= 0.6 is 15.9 Å². The minimum atomic E-state index is -0.377. The Morgan fingerprint density at radius 3 is 2.80 bits per heavy atom. The van der Waals surface area contributed by atoms with E-state index in [9.17, 15) is 9.90 Å². The number of allylic oxidation sites excluding steroid dienone is 1. The van der Waals surface area contributed by atoms with Crippen molar-refractivity contribution in [2.24, 2.45) is 35.5 Å². The van der Waals surface area contributed by atoms with Gasteiger partial charge in [-0.1, -0.05) is 41.4 Å². The van der Waals surface area contributed by atoms with E-state index in [1.165, 1.54) is 5.57 Å². The summed E-state index contributed by atoms with van der Waals surface area (Å²) in [7, 11) is 0. The van der Waals surface area contributed by atoms with Crippen LogP contribution in [0, 0.1) is 35.5 Å². The molecule has 0 aromatic rings. The Labute approximate surface area is 130 Å². The maximum atomic E-state index is 12.8. The summed E-state index contributed by atoms with van der Waals surface area (Å²) in [6.45, 7) is 6.25. The van der Waals surface area contributed by atoms with Gasteiger partial charge in [0, 0.05) is 22.6 Å². The first-order valence-electron chi connectivity index (χ1n) is 7.98. The zero-order valence-electron chi connectivity index (χ0n) is 12.6. The first-order valence-corrected chi connectivity index (χ1v) is 8.90. The van der Waals surface area contributed by atoms with Gasteiger partial charge in [0.05, 0.1) is 6.10 Å². The summed E-state index contributed by atoms with van der Waals surface area (Å²) in [5.41, 5.74) is 1.36. The monoisotopic (exact) mass is 340 g/mol. The largest absolute Gasteiger partial charge is 0.393 e. The fraction of sp³-hybridized carbons (Fsp3) is 0.824. The summed E-state index contributed by atoms with van der Waals surface area (Å²) in [6, 6.07) is 0. The van der Waals surface area contributed by atoms with E-state index >= 15 is 0 Å². The highest BCUT2D eigenvalue weighted by atomic mass is 79.9. The van der Waals surface area contributed by atoms with Crippen molar-refractivity contribution in [2.75, 3.05) is 0 Å². The van der Waals surface area contributed by atoms with E-state index in [2.05, 4.69) is 35.9 Å². The number of aliphatic hydroxyl groups excluding tert-OH is 1. The summed E-state index contributed by atoms with van der Waals surface area (Å²) in [6.07, 6.45) is 4.61. The second kappa shape index (κ2) is 5.24. The van der Waals surface area contributed by atoms with Gasteiger partial charge < -0.3 is 5.11 Å². The van der Waals surface area contributed by atoms with Crippen molar-refractivity contribution in [1.29, 1.82) is 0 Å². The Morgan fingerprint density at radius 2 is 2.15 bits per heavy atom. The molecule has 0 spiro atoms. The minimum Gasteiger partial charge on any atom is -0.393 e. The van der Waals surface area contributed by atoms with Crippen LogP contribution in [0.4, 0.5) is 0 Å². The predicted octanol–water partition coefficient (Wildman–Crippen LogP) is 3.57. The van der Waals surface area contributed by atoms with E-state index in [4.69, 9.17) is 0 Å². The quantitative estimate of drug-likeness (QED) is 0.616. The van der Waals surface area contributed by atoms with Gasteiger partial charge in [-0.15, -0.1) is 0 Å². The lowest BCUT2D eigenvalue weighted by Crippen LogP contribution is -2.41. The average molecular weight is 341 g/mol. The number of hydrogen-bond acceptors (Lipinski definition) is 2. The van der Waals surface area contributed by atoms with Crippen molar-refractivity contribution in [2.45, 2.75) is 51.0 Å². The Hall–Kier alpha value is -0.150. The fourth-order valence-corrected chi connectivity index (χ4v) is 5.91. The van der Waals surface area contributed by atoms with Gasteiger partial charge in [-0.25, -0.2) is 0 Å². The van der Waals surface area contributed by atoms with Gasteiger partial charge in [0.1, 0.15) is 5.78 Å². The minimum absolute atomic E-state index is 0.0350. The molecule has 3 heteroatoms. The zero-order valence-corrected chi connectivity index (χ0v) is 14.1. The molecule has 3 aliphatic carbocycles. The maximum absolute atomic E-state index is 12.8. The SMILES string of the molecule is CCC(O)C1C=C(C)CC2C1C(=O)C(C)CC1C(Br)C12. The molecule has 0 amide bonds. The molecule has 0 radical (unpaired) electrons. The summed E-state index contributed by atoms with van der Waals surface area (Å²) in [5, 5.41) is 10.4. The number of Topliss-reactive ketones (excluding diaryl/α,β-unsaturated/α-hetero) is 1. The highest BCUT2D eigenvalue weighted by Gasteiger charge is 2.60. The van der Waals surface area contributed by atoms with Gasteiger partial charge in [0.15, 0.2) is 0 Å². The van der Waals surface area contributed by atoms with E-state index in [1.807, 2.05) is 6.92 Å². The van der Waals surface area contributed by atoms with E-state index in [1.54, 1.807) is 0 Å². The van der Waals surface area contributed by atoms with Crippen LogP contribution in [0.25, 0.3) is 0 Å². The summed E-state index contributed by atoms with van der Waals surface area (Å²) in [5.74, 6) is 2.40. The topological polar surface area (TPSA) is 37.3 Å². The normalized spacial score (nSPS) is 48.8. The van der Waals surface area contributed by atoms with Crippen LogP contribution in [-0.4, -0.2) is 21.8 Å². The molecule has 2 nitrogen and oxygen atoms in total. The van der Waals surface area contributed by atoms with Crippen LogP contribution in [0.3, 0.4) is 0 Å². The third-order valence-corrected chi connectivity index (χ3v) is 7.13. The number of carbonyl (C=O) groups excluding carboxylic acids is 1. The summed E-state index contributed by atoms with van der Waals surface area (Å²) >= 11 is 3.82. The van der Waals surface area contributed by atoms with Gasteiger partial charge in [-0.2, -0.15) is 0 Å². The van der Waals surface area contributed by atoms with Crippen molar-refractivity contribution in [3.63, 3.8) is 0 Å². The second-order valence-corrected chi connectivity index (χ2v) is 8.24. The molecule has 8 atom stereocenters. The first-order chi connectivity index (χ1) is 9.45. The molecule has 112 valence electrons. The fourth-order valence-electron chi connectivity index (χ4n) is 4.73. The number of fused-ring (bicyclic) bond motifs is 3. The molecule has 1 N–H and O–H groups in total. The molecule has 0 heterocycles. The number of ketones is 1. The standard InChI is InChI=1S/C17H25BrO2/c1-4-13(19)10-5-8(2)6-11-14-12(16(14)18)7-9(3)17(20)15(10)11/h5,9-16,19H,4,6-7H2,1-3H3. The molecule has 8 unspecified atom stereocenters. The Morgan fingerprint density at radius 1 is 1.45 bits per heavy atom. The van der Waals surface area contributed by atoms with Crippen molar-refractivity contribution in [3.05, 3.63) is 11.6 Å². The molecule has 3 rings (SSSR count). The number of carbonyl (C=O) groups is 1. The lowest BCUT2D eigenvalue weighted by molar-refractivity contribution is -0.131. The number of hydrogen-bond donors (Lipinski definition) is 1. The maximum Gasteiger partial charge on any atom is 0.139 e. The van der Waals surface area contributed by atoms with Crippen LogP contribution in [0.5, 0.6) is 0 Å². The van der Waals surface area contributed by atoms with Gasteiger partial charge in [-0.3, -0.25) is 4.79 Å². The van der Waals surface area contributed by atoms with Crippen LogP contribution in [0.1, 0.15) is 40.0 Å². The van der Waals surface area contributed by atoms with Crippen molar-refractivity contribution in [1.82, 2.24) is 0 Å². The number of halogens is 1. The smallest absolute Gasteiger partial charge is 0.139 e. The molecule has 2 saturated carbocycles. The third-order valence-electron chi connectivity index (χ3n) is 5.84. The molecule has 0 saturated heterocycles. The predicted molar refractivity (Wildman–Crippen MR) is 83.6 cm³/mol. The van der Waals surface area contributed by atoms with Crippen molar-refractivity contribution in [3.8, 4) is 0 Å². The van der Waals surface area contributed by atoms with Crippen LogP contribution < -0.4 is 0 Å². The molecule has 0 aromatic heterocycles. The molecule has 0 bridgehead atoms. The van der Waals surface area contributed by atoms with Gasteiger partial charge in [0.2, 0.25) is 0 Å². The zero-order chi connectivity index (χ0) is 14.6. The van der Waals surface area contributed by atoms with E-state index in [-0.39, 0.29) is 23.9 Å². The van der Waals surface area contributed by atoms with Gasteiger partial charge in [-0.05, 0) is 43.9 Å². The third kappa shape index (κ3) is 2.21. The number of aliphatic hydroxyl groups is 1. The highest BCUT2D eigenvalue weighted by molar-refractivity contribution is 9.09. The number of alkyl halides is 1. The summed E-state index contributed by atoms with van der Waals surface area (Å²) in [4.78, 5) is 13.4. The molecular formula is C17H25BrO2. The molecule has 0 aromatic carbocycles. The van der Waals surface area contributed by atoms with E-state index in [0.29, 0.717) is 28.4 Å². The Bertz CT molecular complexity index is 444. The second-order valence-electron chi connectivity index (χ2n) is 7.18. The van der Waals surface area contributed by atoms with Crippen molar-refractivity contribution >= 4 is 21.7 Å². The van der Waals surface area contributed by atoms with Crippen LogP contribution in [-0.2, 0) is 4.79 Å². The van der Waals surface area contributed by atoms with E-state index < -0.39 is 0 Å². The highest BCUT2D eigenvalue weighted by Crippen LogP contribution is 2.61. The Balaban J connectivity index is 1.98. The molecule has 0 aliphatic heterocycles. The Kier molecular flexibility index (Phi) is 3.87. The molecule has 20 heavy (non-hydrogen) atoms. The van der Waals surface area contributed by atoms with Gasteiger partial charge in [0.25, 0.3) is 0 Å². The van der Waals surface area contributed by atoms with Gasteiger partial charge >= 0.3 is 0 Å². The lowest BCUT2D eigenvalue weighted by Gasteiger charge is -2.38. The average Bonchev–Trinajstić information content (AvgIpc) is 3.07. The van der Waals surface area contributed by atoms with Crippen LogP contribution in [0.15, 0.2) is 11.6 Å². The number of rotatable bonds is 2. The van der Waals surface area contributed by atoms with E-state index in [0.717, 1.165) is 19.3 Å². The molecule has 3 aliphatic rings. The lowest BCUT2D eigenvalue weighted by atomic mass is 9.66.